The lowest BCUT2D eigenvalue weighted by Crippen LogP contribution is -2.31. The van der Waals surface area contributed by atoms with E-state index in [-0.39, 0.29) is 5.41 Å². The number of fused-ring (bicyclic) bond motifs is 1. The van der Waals surface area contributed by atoms with Crippen molar-refractivity contribution in [3.05, 3.63) is 23.7 Å². The van der Waals surface area contributed by atoms with E-state index in [4.69, 9.17) is 16.6 Å². The highest BCUT2D eigenvalue weighted by atomic mass is 35.5. The number of imidazole rings is 1. The van der Waals surface area contributed by atoms with E-state index in [9.17, 15) is 0 Å². The Morgan fingerprint density at radius 2 is 2.10 bits per heavy atom. The second-order valence-corrected chi connectivity index (χ2v) is 6.84. The lowest BCUT2D eigenvalue weighted by molar-refractivity contribution is 0.145. The number of pyridine rings is 1. The largest absolute Gasteiger partial charge is 0.308 e. The first-order chi connectivity index (χ1) is 9.53. The summed E-state index contributed by atoms with van der Waals surface area (Å²) in [5.41, 5.74) is 3.28. The van der Waals surface area contributed by atoms with Gasteiger partial charge in [-0.1, -0.05) is 26.7 Å². The minimum Gasteiger partial charge on any atom is -0.308 e. The number of hydrogen-bond acceptors (Lipinski definition) is 2. The topological polar surface area (TPSA) is 30.7 Å². The average Bonchev–Trinajstić information content (AvgIpc) is 2.76. The molecule has 3 rings (SSSR count). The number of alkyl halides is 1. The first kappa shape index (κ1) is 13.9. The molecule has 0 saturated heterocycles. The van der Waals surface area contributed by atoms with E-state index in [1.54, 1.807) is 0 Å². The summed E-state index contributed by atoms with van der Waals surface area (Å²) in [7, 11) is 0. The number of hydrogen-bond donors (Lipinski definition) is 0. The van der Waals surface area contributed by atoms with Crippen molar-refractivity contribution < 1.29 is 0 Å². The molecule has 1 saturated carbocycles. The van der Waals surface area contributed by atoms with E-state index < -0.39 is 0 Å². The lowest BCUT2D eigenvalue weighted by atomic mass is 9.73. The molecule has 1 aliphatic carbocycles. The maximum absolute atomic E-state index is 6.14. The van der Waals surface area contributed by atoms with Gasteiger partial charge in [0.05, 0.1) is 5.88 Å². The number of aryl methyl sites for hydroxylation is 1. The van der Waals surface area contributed by atoms with E-state index in [0.717, 1.165) is 22.7 Å². The summed E-state index contributed by atoms with van der Waals surface area (Å²) in [5, 5.41) is 0. The summed E-state index contributed by atoms with van der Waals surface area (Å²) in [6, 6.07) is 4.52. The van der Waals surface area contributed by atoms with Gasteiger partial charge in [-0.15, -0.1) is 11.6 Å². The first-order valence-electron chi connectivity index (χ1n) is 7.43. The van der Waals surface area contributed by atoms with E-state index in [1.165, 1.54) is 25.7 Å². The van der Waals surface area contributed by atoms with E-state index in [2.05, 4.69) is 29.5 Å². The van der Waals surface area contributed by atoms with Crippen molar-refractivity contribution >= 4 is 22.8 Å². The van der Waals surface area contributed by atoms with Gasteiger partial charge in [0.1, 0.15) is 11.3 Å². The summed E-state index contributed by atoms with van der Waals surface area (Å²) < 4.78 is 2.31. The molecule has 4 heteroatoms. The van der Waals surface area contributed by atoms with E-state index >= 15 is 0 Å². The van der Waals surface area contributed by atoms with Gasteiger partial charge in [-0.3, -0.25) is 0 Å². The van der Waals surface area contributed by atoms with Crippen LogP contribution in [0.15, 0.2) is 12.1 Å². The van der Waals surface area contributed by atoms with Crippen molar-refractivity contribution in [3.63, 3.8) is 0 Å². The van der Waals surface area contributed by atoms with Crippen LogP contribution in [0.3, 0.4) is 0 Å². The molecule has 0 amide bonds. The Morgan fingerprint density at radius 3 is 2.80 bits per heavy atom. The van der Waals surface area contributed by atoms with Crippen molar-refractivity contribution in [2.24, 2.45) is 5.41 Å². The highest BCUT2D eigenvalue weighted by molar-refractivity contribution is 6.16. The number of halogens is 1. The molecule has 3 nitrogen and oxygen atoms in total. The summed E-state index contributed by atoms with van der Waals surface area (Å²) in [5.74, 6) is 1.40. The fourth-order valence-corrected chi connectivity index (χ4v) is 3.68. The van der Waals surface area contributed by atoms with Gasteiger partial charge in [-0.05, 0) is 37.3 Å². The van der Waals surface area contributed by atoms with E-state index in [1.807, 2.05) is 13.0 Å². The SMILES string of the molecule is Cc1ccc2nc(CCl)n(C3CCCCC3(C)C)c2n1. The smallest absolute Gasteiger partial charge is 0.160 e. The fourth-order valence-electron chi connectivity index (χ4n) is 3.49. The molecule has 1 unspecified atom stereocenters. The third-order valence-corrected chi connectivity index (χ3v) is 4.87. The van der Waals surface area contributed by atoms with Crippen LogP contribution in [-0.2, 0) is 5.88 Å². The third-order valence-electron chi connectivity index (χ3n) is 4.63. The van der Waals surface area contributed by atoms with Crippen LogP contribution in [-0.4, -0.2) is 14.5 Å². The molecular weight excluding hydrogens is 270 g/mol. The molecule has 2 aromatic heterocycles. The predicted octanol–water partition coefficient (Wildman–Crippen LogP) is 4.62. The molecule has 0 N–H and O–H groups in total. The van der Waals surface area contributed by atoms with Crippen LogP contribution in [0.25, 0.3) is 11.2 Å². The molecule has 0 aliphatic heterocycles. The average molecular weight is 292 g/mol. The molecule has 1 fully saturated rings. The quantitative estimate of drug-likeness (QED) is 0.756. The third kappa shape index (κ3) is 2.22. The standard InChI is InChI=1S/C16H22ClN3/c1-11-7-8-12-15(18-11)20(14(10-17)19-12)13-6-4-5-9-16(13,2)3/h7-8,13H,4-6,9-10H2,1-3H3. The molecule has 1 aliphatic rings. The Bertz CT molecular complexity index is 630. The van der Waals surface area contributed by atoms with Crippen LogP contribution in [0, 0.1) is 12.3 Å². The van der Waals surface area contributed by atoms with Crippen molar-refractivity contribution in [3.8, 4) is 0 Å². The van der Waals surface area contributed by atoms with Gasteiger partial charge in [-0.25, -0.2) is 9.97 Å². The monoisotopic (exact) mass is 291 g/mol. The van der Waals surface area contributed by atoms with Gasteiger partial charge in [0.15, 0.2) is 5.65 Å². The summed E-state index contributed by atoms with van der Waals surface area (Å²) >= 11 is 6.14. The second-order valence-electron chi connectivity index (χ2n) is 6.58. The molecule has 2 heterocycles. The molecule has 2 aromatic rings. The zero-order valence-electron chi connectivity index (χ0n) is 12.5. The maximum Gasteiger partial charge on any atom is 0.160 e. The molecule has 0 aromatic carbocycles. The summed E-state index contributed by atoms with van der Waals surface area (Å²) in [4.78, 5) is 9.41. The normalized spacial score (nSPS) is 22.3. The minimum atomic E-state index is 0.276. The van der Waals surface area contributed by atoms with Gasteiger partial charge in [0.25, 0.3) is 0 Å². The van der Waals surface area contributed by atoms with Crippen LogP contribution in [0.4, 0.5) is 0 Å². The highest BCUT2D eigenvalue weighted by Crippen LogP contribution is 2.45. The van der Waals surface area contributed by atoms with E-state index in [0.29, 0.717) is 11.9 Å². The zero-order chi connectivity index (χ0) is 14.3. The van der Waals surface area contributed by atoms with Crippen LogP contribution < -0.4 is 0 Å². The minimum absolute atomic E-state index is 0.276. The Hall–Kier alpha value is -1.09. The maximum atomic E-state index is 6.14. The summed E-state index contributed by atoms with van der Waals surface area (Å²) in [6.45, 7) is 6.75. The van der Waals surface area contributed by atoms with Crippen molar-refractivity contribution in [1.29, 1.82) is 0 Å². The first-order valence-corrected chi connectivity index (χ1v) is 7.97. The van der Waals surface area contributed by atoms with Crippen LogP contribution in [0.2, 0.25) is 0 Å². The van der Waals surface area contributed by atoms with Crippen molar-refractivity contribution in [1.82, 2.24) is 14.5 Å². The van der Waals surface area contributed by atoms with Crippen molar-refractivity contribution in [2.45, 2.75) is 58.4 Å². The Labute approximate surface area is 125 Å². The van der Waals surface area contributed by atoms with Gasteiger partial charge in [0.2, 0.25) is 0 Å². The molecular formula is C16H22ClN3. The van der Waals surface area contributed by atoms with Crippen molar-refractivity contribution in [2.75, 3.05) is 0 Å². The number of nitrogens with zero attached hydrogens (tertiary/aromatic N) is 3. The lowest BCUT2D eigenvalue weighted by Gasteiger charge is -2.40. The Balaban J connectivity index is 2.20. The molecule has 1 atom stereocenters. The van der Waals surface area contributed by atoms with Gasteiger partial charge < -0.3 is 4.57 Å². The molecule has 0 bridgehead atoms. The van der Waals surface area contributed by atoms with Gasteiger partial charge in [-0.2, -0.15) is 0 Å². The van der Waals surface area contributed by atoms with Crippen LogP contribution in [0.1, 0.15) is 57.1 Å². The van der Waals surface area contributed by atoms with Gasteiger partial charge >= 0.3 is 0 Å². The number of aromatic nitrogens is 3. The molecule has 108 valence electrons. The predicted molar refractivity (Wildman–Crippen MR) is 83.1 cm³/mol. The van der Waals surface area contributed by atoms with Gasteiger partial charge in [0, 0.05) is 11.7 Å². The zero-order valence-corrected chi connectivity index (χ0v) is 13.2. The van der Waals surface area contributed by atoms with Crippen LogP contribution >= 0.6 is 11.6 Å². The fraction of sp³-hybridized carbons (Fsp3) is 0.625. The molecule has 0 radical (unpaired) electrons. The summed E-state index contributed by atoms with van der Waals surface area (Å²) in [6.07, 6.45) is 5.04. The molecule has 20 heavy (non-hydrogen) atoms. The van der Waals surface area contributed by atoms with Crippen LogP contribution in [0.5, 0.6) is 0 Å². The Kier molecular flexibility index (Phi) is 3.49. The number of rotatable bonds is 2. The Morgan fingerprint density at radius 1 is 1.30 bits per heavy atom. The second kappa shape index (κ2) is 5.03. The molecule has 0 spiro atoms. The highest BCUT2D eigenvalue weighted by Gasteiger charge is 2.35.